The summed E-state index contributed by atoms with van der Waals surface area (Å²) >= 11 is 0. The second-order valence-corrected chi connectivity index (χ2v) is 20.7. The fraction of sp³-hybridized carbons (Fsp3) is 0.633. The van der Waals surface area contributed by atoms with Crippen LogP contribution in [0.2, 0.25) is 0 Å². The molecule has 10 heteroatoms. The molecular weight excluding hydrogens is 894 g/mol. The third-order valence-electron chi connectivity index (χ3n) is 13.1. The lowest BCUT2D eigenvalue weighted by atomic mass is 9.77. The lowest BCUT2D eigenvalue weighted by Crippen LogP contribution is -2.46. The number of nitrogens with one attached hydrogen (secondary N) is 1. The molecule has 0 bridgehead atoms. The SMILES string of the molecule is CCCCCCCC/C=C\CCCCCCCC(=O)OC[C@H](COP(=O)(O)OCCNC(c1ccccc1)(c1ccccc1)c1ccccc1)OC(=O)CCCCCCCCCCCCCCCCC. The number of allylic oxidation sites excluding steroid dienone is 2. The molecule has 2 N–H and O–H groups in total. The van der Waals surface area contributed by atoms with E-state index in [1.165, 1.54) is 116 Å². The second kappa shape index (κ2) is 40.0. The van der Waals surface area contributed by atoms with E-state index in [-0.39, 0.29) is 32.6 Å². The van der Waals surface area contributed by atoms with Crippen molar-refractivity contribution in [3.05, 3.63) is 120 Å². The van der Waals surface area contributed by atoms with Gasteiger partial charge in [0.1, 0.15) is 6.61 Å². The Balaban J connectivity index is 1.45. The first-order valence-corrected chi connectivity index (χ1v) is 29.3. The lowest BCUT2D eigenvalue weighted by molar-refractivity contribution is -0.161. The summed E-state index contributed by atoms with van der Waals surface area (Å²) in [6.45, 7) is 3.81. The highest BCUT2D eigenvalue weighted by molar-refractivity contribution is 7.47. The third kappa shape index (κ3) is 27.9. The zero-order valence-electron chi connectivity index (χ0n) is 43.7. The van der Waals surface area contributed by atoms with Gasteiger partial charge in [-0.15, -0.1) is 0 Å². The van der Waals surface area contributed by atoms with E-state index in [1.807, 2.05) is 54.6 Å². The molecule has 9 nitrogen and oxygen atoms in total. The van der Waals surface area contributed by atoms with Gasteiger partial charge in [-0.05, 0) is 55.2 Å². The summed E-state index contributed by atoms with van der Waals surface area (Å²) in [6.07, 6.45) is 37.6. The molecule has 0 aliphatic carbocycles. The van der Waals surface area contributed by atoms with E-state index >= 15 is 0 Å². The number of phosphoric ester groups is 1. The normalized spacial score (nSPS) is 13.1. The molecule has 0 aliphatic rings. The Morgan fingerprint density at radius 1 is 0.514 bits per heavy atom. The highest BCUT2D eigenvalue weighted by atomic mass is 31.2. The van der Waals surface area contributed by atoms with Gasteiger partial charge >= 0.3 is 19.8 Å². The average Bonchev–Trinajstić information content (AvgIpc) is 3.38. The van der Waals surface area contributed by atoms with Crippen LogP contribution in [0.1, 0.15) is 223 Å². The number of carbonyl (C=O) groups excluding carboxylic acids is 2. The Hall–Kier alpha value is -3.59. The summed E-state index contributed by atoms with van der Waals surface area (Å²) in [5.74, 6) is -0.845. The second-order valence-electron chi connectivity index (χ2n) is 19.2. The van der Waals surface area contributed by atoms with Gasteiger partial charge in [-0.1, -0.05) is 258 Å². The number of hydrogen-bond acceptors (Lipinski definition) is 8. The van der Waals surface area contributed by atoms with E-state index in [0.717, 1.165) is 68.1 Å². The summed E-state index contributed by atoms with van der Waals surface area (Å²) in [5, 5.41) is 3.64. The maximum atomic E-state index is 13.3. The van der Waals surface area contributed by atoms with E-state index in [1.54, 1.807) is 0 Å². The number of benzene rings is 3. The minimum Gasteiger partial charge on any atom is -0.462 e. The van der Waals surface area contributed by atoms with Crippen LogP contribution in [-0.4, -0.2) is 49.3 Å². The number of hydrogen-bond donors (Lipinski definition) is 2. The molecule has 0 spiro atoms. The highest BCUT2D eigenvalue weighted by Crippen LogP contribution is 2.43. The molecule has 0 saturated carbocycles. The van der Waals surface area contributed by atoms with E-state index in [9.17, 15) is 19.0 Å². The summed E-state index contributed by atoms with van der Waals surface area (Å²) in [5.41, 5.74) is 2.21. The van der Waals surface area contributed by atoms with Crippen LogP contribution < -0.4 is 5.32 Å². The Morgan fingerprint density at radius 2 is 0.886 bits per heavy atom. The van der Waals surface area contributed by atoms with Gasteiger partial charge in [-0.25, -0.2) is 4.57 Å². The zero-order chi connectivity index (χ0) is 50.1. The van der Waals surface area contributed by atoms with Crippen molar-refractivity contribution in [3.63, 3.8) is 0 Å². The van der Waals surface area contributed by atoms with Crippen LogP contribution in [0.5, 0.6) is 0 Å². The van der Waals surface area contributed by atoms with Crippen LogP contribution >= 0.6 is 7.82 Å². The Kier molecular flexibility index (Phi) is 34.7. The molecule has 0 radical (unpaired) electrons. The molecule has 3 aromatic rings. The molecule has 70 heavy (non-hydrogen) atoms. The van der Waals surface area contributed by atoms with E-state index in [4.69, 9.17) is 18.5 Å². The third-order valence-corrected chi connectivity index (χ3v) is 14.1. The van der Waals surface area contributed by atoms with Crippen LogP contribution in [0.15, 0.2) is 103 Å². The number of unbranched alkanes of at least 4 members (excludes halogenated alkanes) is 25. The summed E-state index contributed by atoms with van der Waals surface area (Å²) in [4.78, 5) is 36.7. The van der Waals surface area contributed by atoms with Crippen molar-refractivity contribution < 1.29 is 37.6 Å². The molecule has 0 aliphatic heterocycles. The molecular formula is C60H94NO8P. The van der Waals surface area contributed by atoms with Crippen molar-refractivity contribution in [2.24, 2.45) is 0 Å². The monoisotopic (exact) mass is 988 g/mol. The lowest BCUT2D eigenvalue weighted by Gasteiger charge is -2.37. The van der Waals surface area contributed by atoms with Gasteiger partial charge in [-0.3, -0.25) is 24.0 Å². The van der Waals surface area contributed by atoms with E-state index in [2.05, 4.69) is 67.7 Å². The van der Waals surface area contributed by atoms with Gasteiger partial charge in [-0.2, -0.15) is 0 Å². The van der Waals surface area contributed by atoms with Gasteiger partial charge in [0.25, 0.3) is 0 Å². The molecule has 3 aromatic carbocycles. The Morgan fingerprint density at radius 3 is 1.30 bits per heavy atom. The standard InChI is InChI=1S/C60H94NO8P/c1-3-5-7-9-11-13-15-17-19-21-23-25-27-29-40-48-58(62)66-52-57(69-59(63)49-41-30-28-26-24-22-20-18-16-14-12-10-8-6-4-2)53-68-70(64,65)67-51-50-61-60(54-42-34-31-35-43-54,55-44-36-32-37-45-55)56-46-38-33-39-47-56/h17,19,31-39,42-47,57,61H,3-16,18,20-30,40-41,48-53H2,1-2H3,(H,64,65)/b19-17-/t57-/m1/s1. The minimum absolute atomic E-state index is 0.156. The Bertz CT molecular complexity index is 1700. The molecule has 0 fully saturated rings. The van der Waals surface area contributed by atoms with Crippen molar-refractivity contribution in [1.29, 1.82) is 0 Å². The molecule has 0 aromatic heterocycles. The van der Waals surface area contributed by atoms with E-state index in [0.29, 0.717) is 12.8 Å². The number of rotatable bonds is 45. The van der Waals surface area contributed by atoms with Gasteiger partial charge in [0, 0.05) is 19.4 Å². The molecule has 0 heterocycles. The highest BCUT2D eigenvalue weighted by Gasteiger charge is 2.36. The molecule has 0 saturated heterocycles. The quantitative estimate of drug-likeness (QED) is 0.0187. The minimum atomic E-state index is -4.61. The van der Waals surface area contributed by atoms with Gasteiger partial charge in [0.05, 0.1) is 18.8 Å². The van der Waals surface area contributed by atoms with Crippen molar-refractivity contribution in [2.45, 2.75) is 218 Å². The van der Waals surface area contributed by atoms with Gasteiger partial charge in [0.2, 0.25) is 0 Å². The smallest absolute Gasteiger partial charge is 0.462 e. The number of carbonyl (C=O) groups is 2. The van der Waals surface area contributed by atoms with E-state index < -0.39 is 38.0 Å². The number of esters is 2. The molecule has 1 unspecified atom stereocenters. The predicted octanol–water partition coefficient (Wildman–Crippen LogP) is 16.5. The van der Waals surface area contributed by atoms with Crippen molar-refractivity contribution in [1.82, 2.24) is 5.32 Å². The van der Waals surface area contributed by atoms with Crippen LogP contribution in [0.3, 0.4) is 0 Å². The fourth-order valence-electron chi connectivity index (χ4n) is 9.08. The van der Waals surface area contributed by atoms with Crippen LogP contribution in [0, 0.1) is 0 Å². The largest absolute Gasteiger partial charge is 0.472 e. The molecule has 2 atom stereocenters. The zero-order valence-corrected chi connectivity index (χ0v) is 44.6. The van der Waals surface area contributed by atoms with Crippen molar-refractivity contribution >= 4 is 19.8 Å². The van der Waals surface area contributed by atoms with Crippen molar-refractivity contribution in [3.8, 4) is 0 Å². The molecule has 3 rings (SSSR count). The molecule has 0 amide bonds. The van der Waals surface area contributed by atoms with Gasteiger partial charge in [0.15, 0.2) is 6.10 Å². The maximum Gasteiger partial charge on any atom is 0.472 e. The number of phosphoric acid groups is 1. The first-order valence-electron chi connectivity index (χ1n) is 27.8. The van der Waals surface area contributed by atoms with Gasteiger partial charge < -0.3 is 14.4 Å². The average molecular weight is 988 g/mol. The maximum absolute atomic E-state index is 13.3. The number of ether oxygens (including phenoxy) is 2. The summed E-state index contributed by atoms with van der Waals surface area (Å²) < 4.78 is 35.5. The first kappa shape index (κ1) is 60.7. The van der Waals surface area contributed by atoms with Crippen LogP contribution in [0.25, 0.3) is 0 Å². The topological polar surface area (TPSA) is 120 Å². The van der Waals surface area contributed by atoms with Crippen LogP contribution in [-0.2, 0) is 38.2 Å². The predicted molar refractivity (Wildman–Crippen MR) is 289 cm³/mol. The molecule has 392 valence electrons. The summed E-state index contributed by atoms with van der Waals surface area (Å²) in [6, 6.07) is 30.2. The summed E-state index contributed by atoms with van der Waals surface area (Å²) in [7, 11) is -4.61. The Labute approximate surface area is 425 Å². The first-order chi connectivity index (χ1) is 34.3. The van der Waals surface area contributed by atoms with Crippen molar-refractivity contribution in [2.75, 3.05) is 26.4 Å². The van der Waals surface area contributed by atoms with Crippen LogP contribution in [0.4, 0.5) is 0 Å². The fourth-order valence-corrected chi connectivity index (χ4v) is 9.84.